The maximum absolute atomic E-state index is 11.9. The van der Waals surface area contributed by atoms with Gasteiger partial charge in [0.1, 0.15) is 0 Å². The smallest absolute Gasteiger partial charge is 0.267 e. The first-order valence-corrected chi connectivity index (χ1v) is 7.25. The lowest BCUT2D eigenvalue weighted by atomic mass is 9.96. The number of nitrogens with one attached hydrogen (secondary N) is 1. The lowest BCUT2D eigenvalue weighted by molar-refractivity contribution is 0.0955. The van der Waals surface area contributed by atoms with Crippen LogP contribution in [0.4, 0.5) is 0 Å². The van der Waals surface area contributed by atoms with Gasteiger partial charge in [-0.1, -0.05) is 38.1 Å². The van der Waals surface area contributed by atoms with Crippen molar-refractivity contribution in [2.75, 3.05) is 0 Å². The van der Waals surface area contributed by atoms with Crippen LogP contribution in [0.15, 0.2) is 41.5 Å². The molecule has 0 radical (unpaired) electrons. The van der Waals surface area contributed by atoms with Gasteiger partial charge in [0.15, 0.2) is 0 Å². The second-order valence-electron chi connectivity index (χ2n) is 5.54. The molecule has 0 heterocycles. The molecule has 1 aromatic carbocycles. The average Bonchev–Trinajstić information content (AvgIpc) is 2.48. The Bertz CT molecular complexity index is 500. The lowest BCUT2D eigenvalue weighted by Crippen LogP contribution is -2.18. The lowest BCUT2D eigenvalue weighted by Gasteiger charge is -2.11. The van der Waals surface area contributed by atoms with Crippen molar-refractivity contribution in [1.29, 1.82) is 0 Å². The molecule has 1 aromatic rings. The number of rotatable bonds is 4. The summed E-state index contributed by atoms with van der Waals surface area (Å²) in [4.78, 5) is 11.9. The van der Waals surface area contributed by atoms with Crippen LogP contribution in [0, 0.1) is 5.92 Å². The van der Waals surface area contributed by atoms with Crippen LogP contribution >= 0.6 is 0 Å². The van der Waals surface area contributed by atoms with E-state index in [4.69, 9.17) is 0 Å². The number of benzene rings is 1. The van der Waals surface area contributed by atoms with Gasteiger partial charge in [0.05, 0.1) is 0 Å². The number of carbonyl (C=O) groups excluding carboxylic acids is 1. The first-order valence-electron chi connectivity index (χ1n) is 7.25. The second-order valence-corrected chi connectivity index (χ2v) is 5.54. The van der Waals surface area contributed by atoms with Crippen LogP contribution < -0.4 is 5.43 Å². The molecular weight excluding hydrogens is 248 g/mol. The molecule has 1 aliphatic carbocycles. The van der Waals surface area contributed by atoms with E-state index in [1.165, 1.54) is 5.56 Å². The Labute approximate surface area is 120 Å². The molecule has 1 amide bonds. The maximum atomic E-state index is 11.9. The zero-order valence-electron chi connectivity index (χ0n) is 12.2. The summed E-state index contributed by atoms with van der Waals surface area (Å²) < 4.78 is 0. The minimum absolute atomic E-state index is 0.150. The van der Waals surface area contributed by atoms with Crippen molar-refractivity contribution in [3.8, 4) is 0 Å². The zero-order valence-corrected chi connectivity index (χ0v) is 12.2. The highest BCUT2D eigenvalue weighted by molar-refractivity contribution is 5.94. The van der Waals surface area contributed by atoms with E-state index in [9.17, 15) is 4.79 Å². The normalized spacial score (nSPS) is 18.6. The fraction of sp³-hybridized carbons (Fsp3) is 0.412. The molecule has 0 fully saturated rings. The second kappa shape index (κ2) is 7.04. The van der Waals surface area contributed by atoms with Gasteiger partial charge in [-0.15, -0.1) is 0 Å². The largest absolute Gasteiger partial charge is 0.271 e. The summed E-state index contributed by atoms with van der Waals surface area (Å²) in [5, 5.41) is 4.07. The van der Waals surface area contributed by atoms with Crippen molar-refractivity contribution in [3.05, 3.63) is 47.5 Å². The van der Waals surface area contributed by atoms with Crippen LogP contribution in [0.5, 0.6) is 0 Å². The number of allylic oxidation sites excluding steroid dienone is 2. The number of nitrogens with zero attached hydrogens (tertiary/aromatic N) is 1. The summed E-state index contributed by atoms with van der Waals surface area (Å²) in [5.74, 6) is 0.774. The fourth-order valence-electron chi connectivity index (χ4n) is 2.24. The fourth-order valence-corrected chi connectivity index (χ4v) is 2.24. The minimum atomic E-state index is -0.150. The number of hydrogen-bond donors (Lipinski definition) is 1. The van der Waals surface area contributed by atoms with E-state index >= 15 is 0 Å². The number of hydrazone groups is 1. The molecule has 1 unspecified atom stereocenters. The van der Waals surface area contributed by atoms with E-state index < -0.39 is 0 Å². The molecule has 2 rings (SSSR count). The third-order valence-corrected chi connectivity index (χ3v) is 3.60. The summed E-state index contributed by atoms with van der Waals surface area (Å²) >= 11 is 0. The number of amides is 1. The van der Waals surface area contributed by atoms with E-state index in [1.54, 1.807) is 0 Å². The van der Waals surface area contributed by atoms with Gasteiger partial charge < -0.3 is 0 Å². The predicted molar refractivity (Wildman–Crippen MR) is 83.0 cm³/mol. The van der Waals surface area contributed by atoms with E-state index in [0.717, 1.165) is 19.3 Å². The molecule has 3 heteroatoms. The topological polar surface area (TPSA) is 41.5 Å². The molecule has 3 nitrogen and oxygen atoms in total. The number of carbonyl (C=O) groups is 1. The van der Waals surface area contributed by atoms with Crippen molar-refractivity contribution < 1.29 is 4.79 Å². The Kier molecular flexibility index (Phi) is 5.10. The Morgan fingerprint density at radius 3 is 2.65 bits per heavy atom. The molecule has 0 aliphatic heterocycles. The van der Waals surface area contributed by atoms with E-state index in [1.807, 2.05) is 30.5 Å². The third kappa shape index (κ3) is 4.05. The van der Waals surface area contributed by atoms with Crippen molar-refractivity contribution in [1.82, 2.24) is 5.43 Å². The van der Waals surface area contributed by atoms with Crippen LogP contribution in [0.1, 0.15) is 54.9 Å². The molecule has 20 heavy (non-hydrogen) atoms. The first kappa shape index (κ1) is 14.5. The highest BCUT2D eigenvalue weighted by Crippen LogP contribution is 2.16. The predicted octanol–water partition coefficient (Wildman–Crippen LogP) is 3.88. The van der Waals surface area contributed by atoms with Crippen molar-refractivity contribution in [2.45, 2.75) is 39.0 Å². The highest BCUT2D eigenvalue weighted by Gasteiger charge is 2.08. The molecule has 0 aromatic heterocycles. The van der Waals surface area contributed by atoms with Crippen LogP contribution in [0.25, 0.3) is 0 Å². The summed E-state index contributed by atoms with van der Waals surface area (Å²) in [6.07, 6.45) is 9.44. The summed E-state index contributed by atoms with van der Waals surface area (Å²) in [5.41, 5.74) is 4.48. The number of hydrogen-bond acceptors (Lipinski definition) is 2. The summed E-state index contributed by atoms with van der Waals surface area (Å²) in [7, 11) is 0. The first-order chi connectivity index (χ1) is 9.66. The Balaban J connectivity index is 1.88. The molecule has 0 saturated carbocycles. The summed E-state index contributed by atoms with van der Waals surface area (Å²) in [6, 6.07) is 7.69. The Morgan fingerprint density at radius 2 is 2.05 bits per heavy atom. The van der Waals surface area contributed by atoms with Crippen LogP contribution in [-0.4, -0.2) is 12.1 Å². The average molecular weight is 270 g/mol. The summed E-state index contributed by atoms with van der Waals surface area (Å²) in [6.45, 7) is 4.27. The maximum Gasteiger partial charge on any atom is 0.271 e. The third-order valence-electron chi connectivity index (χ3n) is 3.60. The van der Waals surface area contributed by atoms with Crippen LogP contribution in [0.3, 0.4) is 0 Å². The molecule has 1 atom stereocenters. The van der Waals surface area contributed by atoms with Gasteiger partial charge in [-0.3, -0.25) is 4.79 Å². The standard InChI is InChI=1S/C17H22N2O/c1-13(2)15-8-10-16(11-9-15)17(20)19-18-12-14-6-4-3-5-7-14/h3-4,8-14H,5-7H2,1-2H3,(H,19,20)/b18-12+. The Hall–Kier alpha value is -1.90. The van der Waals surface area contributed by atoms with Crippen LogP contribution in [0.2, 0.25) is 0 Å². The van der Waals surface area contributed by atoms with Gasteiger partial charge >= 0.3 is 0 Å². The van der Waals surface area contributed by atoms with E-state index in [0.29, 0.717) is 17.4 Å². The van der Waals surface area contributed by atoms with Gasteiger partial charge in [0, 0.05) is 11.8 Å². The van der Waals surface area contributed by atoms with Crippen molar-refractivity contribution in [2.24, 2.45) is 11.0 Å². The van der Waals surface area contributed by atoms with Gasteiger partial charge in [0.2, 0.25) is 0 Å². The minimum Gasteiger partial charge on any atom is -0.267 e. The quantitative estimate of drug-likeness (QED) is 0.503. The molecule has 0 saturated heterocycles. The molecule has 0 bridgehead atoms. The monoisotopic (exact) mass is 270 g/mol. The van der Waals surface area contributed by atoms with E-state index in [-0.39, 0.29) is 5.91 Å². The van der Waals surface area contributed by atoms with E-state index in [2.05, 4.69) is 36.5 Å². The molecule has 1 N–H and O–H groups in total. The molecule has 1 aliphatic rings. The molecule has 106 valence electrons. The van der Waals surface area contributed by atoms with Gasteiger partial charge in [-0.25, -0.2) is 5.43 Å². The van der Waals surface area contributed by atoms with Gasteiger partial charge in [-0.05, 0) is 48.8 Å². The molecule has 0 spiro atoms. The van der Waals surface area contributed by atoms with Crippen LogP contribution in [-0.2, 0) is 0 Å². The van der Waals surface area contributed by atoms with Crippen molar-refractivity contribution >= 4 is 12.1 Å². The molecular formula is C17H22N2O. The highest BCUT2D eigenvalue weighted by atomic mass is 16.2. The Morgan fingerprint density at radius 1 is 1.30 bits per heavy atom. The van der Waals surface area contributed by atoms with Crippen molar-refractivity contribution in [3.63, 3.8) is 0 Å². The zero-order chi connectivity index (χ0) is 14.4. The van der Waals surface area contributed by atoms with Gasteiger partial charge in [0.25, 0.3) is 5.91 Å². The van der Waals surface area contributed by atoms with Gasteiger partial charge in [-0.2, -0.15) is 5.10 Å². The SMILES string of the molecule is CC(C)c1ccc(C(=O)N/N=C/C2CC=CCC2)cc1.